The van der Waals surface area contributed by atoms with Crippen LogP contribution in [0, 0.1) is 11.6 Å². The number of hydrogen-bond acceptors (Lipinski definition) is 1. The van der Waals surface area contributed by atoms with Crippen LogP contribution >= 0.6 is 0 Å². The summed E-state index contributed by atoms with van der Waals surface area (Å²) in [6, 6.07) is 19.8. The number of benzene rings is 4. The Hall–Kier alpha value is -3.41. The summed E-state index contributed by atoms with van der Waals surface area (Å²) in [7, 11) is 0. The van der Waals surface area contributed by atoms with E-state index in [1.807, 2.05) is 18.2 Å². The Morgan fingerprint density at radius 3 is 2.00 bits per heavy atom. The molecule has 0 fully saturated rings. The minimum atomic E-state index is -5.01. The van der Waals surface area contributed by atoms with Crippen LogP contribution in [0.3, 0.4) is 0 Å². The fraction of sp³-hybridized carbons (Fsp3) is 0.267. The van der Waals surface area contributed by atoms with Gasteiger partial charge in [0.1, 0.15) is 5.82 Å². The molecule has 0 aliphatic heterocycles. The molecule has 4 aromatic rings. The molecule has 0 bridgehead atoms. The summed E-state index contributed by atoms with van der Waals surface area (Å²) in [5.74, 6) is -2.78. The van der Waals surface area contributed by atoms with Gasteiger partial charge < -0.3 is 4.74 Å². The Kier molecular flexibility index (Phi) is 7.92. The number of hydrogen-bond donors (Lipinski definition) is 0. The second-order valence-electron chi connectivity index (χ2n) is 8.95. The van der Waals surface area contributed by atoms with Crippen LogP contribution in [-0.2, 0) is 6.42 Å². The Balaban J connectivity index is 1.51. The van der Waals surface area contributed by atoms with Gasteiger partial charge in [-0.3, -0.25) is 0 Å². The summed E-state index contributed by atoms with van der Waals surface area (Å²) in [6.45, 7) is 2.21. The third kappa shape index (κ3) is 6.42. The Morgan fingerprint density at radius 2 is 1.28 bits per heavy atom. The van der Waals surface area contributed by atoms with Gasteiger partial charge in [0.25, 0.3) is 0 Å². The van der Waals surface area contributed by atoms with Crippen LogP contribution < -0.4 is 4.74 Å². The van der Waals surface area contributed by atoms with Crippen molar-refractivity contribution < 1.29 is 26.7 Å². The molecule has 0 spiro atoms. The third-order valence-electron chi connectivity index (χ3n) is 6.24. The van der Waals surface area contributed by atoms with Crippen molar-refractivity contribution in [2.75, 3.05) is 0 Å². The predicted octanol–water partition coefficient (Wildman–Crippen LogP) is 9.86. The van der Waals surface area contributed by atoms with Crippen LogP contribution in [0.5, 0.6) is 5.75 Å². The fourth-order valence-electron chi connectivity index (χ4n) is 4.37. The number of fused-ring (bicyclic) bond motifs is 1. The second kappa shape index (κ2) is 11.1. The van der Waals surface area contributed by atoms with Gasteiger partial charge in [0, 0.05) is 5.56 Å². The Labute approximate surface area is 207 Å². The molecular formula is C30H27F5O. The van der Waals surface area contributed by atoms with Crippen molar-refractivity contribution in [2.45, 2.75) is 51.8 Å². The molecule has 0 N–H and O–H groups in total. The largest absolute Gasteiger partial charge is 0.573 e. The minimum absolute atomic E-state index is 0.0839. The van der Waals surface area contributed by atoms with Gasteiger partial charge in [-0.25, -0.2) is 8.78 Å². The maximum absolute atomic E-state index is 15.0. The lowest BCUT2D eigenvalue weighted by Gasteiger charge is -2.12. The summed E-state index contributed by atoms with van der Waals surface area (Å²) < 4.78 is 69.8. The van der Waals surface area contributed by atoms with Crippen LogP contribution in [0.1, 0.15) is 44.6 Å². The number of unbranched alkanes of at least 4 members (excludes halogenated alkanes) is 4. The summed E-state index contributed by atoms with van der Waals surface area (Å²) >= 11 is 0. The highest BCUT2D eigenvalue weighted by Gasteiger charge is 2.32. The first-order valence-electron chi connectivity index (χ1n) is 12.1. The van der Waals surface area contributed by atoms with Gasteiger partial charge in [0.2, 0.25) is 0 Å². The van der Waals surface area contributed by atoms with E-state index in [0.717, 1.165) is 34.9 Å². The van der Waals surface area contributed by atoms with Crippen LogP contribution in [0.2, 0.25) is 0 Å². The van der Waals surface area contributed by atoms with Gasteiger partial charge >= 0.3 is 6.36 Å². The molecule has 0 saturated carbocycles. The molecule has 1 nitrogen and oxygen atoms in total. The van der Waals surface area contributed by atoms with E-state index in [9.17, 15) is 22.0 Å². The van der Waals surface area contributed by atoms with Crippen LogP contribution in [0.4, 0.5) is 22.0 Å². The predicted molar refractivity (Wildman–Crippen MR) is 134 cm³/mol. The summed E-state index contributed by atoms with van der Waals surface area (Å²) in [5.41, 5.74) is 2.99. The summed E-state index contributed by atoms with van der Waals surface area (Å²) in [6.07, 6.45) is 2.25. The van der Waals surface area contributed by atoms with E-state index in [0.29, 0.717) is 5.56 Å². The van der Waals surface area contributed by atoms with Crippen LogP contribution in [-0.4, -0.2) is 6.36 Å². The van der Waals surface area contributed by atoms with Crippen molar-refractivity contribution in [3.05, 3.63) is 90.0 Å². The molecule has 0 amide bonds. The average molecular weight is 499 g/mol. The summed E-state index contributed by atoms with van der Waals surface area (Å²) in [5, 5.41) is 2.17. The van der Waals surface area contributed by atoms with Crippen molar-refractivity contribution in [1.29, 1.82) is 0 Å². The Morgan fingerprint density at radius 1 is 0.639 bits per heavy atom. The zero-order valence-corrected chi connectivity index (χ0v) is 20.0. The quantitative estimate of drug-likeness (QED) is 0.165. The molecule has 36 heavy (non-hydrogen) atoms. The molecule has 4 aromatic carbocycles. The highest BCUT2D eigenvalue weighted by Crippen LogP contribution is 2.33. The Bertz CT molecular complexity index is 1340. The maximum Gasteiger partial charge on any atom is 0.573 e. The molecule has 0 saturated heterocycles. The van der Waals surface area contributed by atoms with E-state index >= 15 is 0 Å². The van der Waals surface area contributed by atoms with Crippen LogP contribution in [0.25, 0.3) is 33.0 Å². The number of ether oxygens (including phenoxy) is 1. The first-order valence-corrected chi connectivity index (χ1v) is 12.1. The minimum Gasteiger partial charge on any atom is -0.403 e. The van der Waals surface area contributed by atoms with Crippen LogP contribution in [0.15, 0.2) is 72.8 Å². The lowest BCUT2D eigenvalue weighted by Crippen LogP contribution is -2.17. The van der Waals surface area contributed by atoms with Crippen molar-refractivity contribution in [3.8, 4) is 28.0 Å². The molecular weight excluding hydrogens is 471 g/mol. The molecule has 4 rings (SSSR count). The van der Waals surface area contributed by atoms with E-state index in [1.165, 1.54) is 55.9 Å². The normalized spacial score (nSPS) is 11.7. The highest BCUT2D eigenvalue weighted by atomic mass is 19.4. The van der Waals surface area contributed by atoms with Crippen molar-refractivity contribution >= 4 is 10.8 Å². The maximum atomic E-state index is 15.0. The van der Waals surface area contributed by atoms with Crippen molar-refractivity contribution in [1.82, 2.24) is 0 Å². The van der Waals surface area contributed by atoms with Gasteiger partial charge in [0.15, 0.2) is 11.6 Å². The van der Waals surface area contributed by atoms with E-state index in [-0.39, 0.29) is 11.1 Å². The van der Waals surface area contributed by atoms with E-state index in [1.54, 1.807) is 6.07 Å². The first kappa shape index (κ1) is 25.7. The molecule has 0 radical (unpaired) electrons. The van der Waals surface area contributed by atoms with Gasteiger partial charge in [-0.1, -0.05) is 81.1 Å². The first-order chi connectivity index (χ1) is 17.2. The van der Waals surface area contributed by atoms with E-state index in [2.05, 4.69) is 29.9 Å². The molecule has 0 heterocycles. The van der Waals surface area contributed by atoms with Crippen molar-refractivity contribution in [2.24, 2.45) is 0 Å². The molecule has 6 heteroatoms. The topological polar surface area (TPSA) is 9.23 Å². The molecule has 0 unspecified atom stereocenters. The van der Waals surface area contributed by atoms with Gasteiger partial charge in [0.05, 0.1) is 0 Å². The third-order valence-corrected chi connectivity index (χ3v) is 6.24. The standard InChI is InChI=1S/C30H27F5O/c1-2-3-4-5-6-7-20-8-9-22-17-23(11-10-21(22)16-20)24-12-14-26(27(31)18-24)25-13-15-29(28(32)19-25)36-30(33,34)35/h8-19H,2-7H2,1H3. The molecule has 0 atom stereocenters. The number of aryl methyl sites for hydroxylation is 1. The number of rotatable bonds is 9. The molecule has 188 valence electrons. The van der Waals surface area contributed by atoms with Crippen molar-refractivity contribution in [3.63, 3.8) is 0 Å². The van der Waals surface area contributed by atoms with Gasteiger partial charge in [-0.15, -0.1) is 13.2 Å². The fourth-order valence-corrected chi connectivity index (χ4v) is 4.37. The molecule has 0 aliphatic rings. The number of alkyl halides is 3. The SMILES string of the molecule is CCCCCCCc1ccc2cc(-c3ccc(-c4ccc(OC(F)(F)F)c(F)c4)c(F)c3)ccc2c1. The lowest BCUT2D eigenvalue weighted by molar-refractivity contribution is -0.275. The van der Waals surface area contributed by atoms with Gasteiger partial charge in [-0.05, 0) is 70.1 Å². The van der Waals surface area contributed by atoms with E-state index in [4.69, 9.17) is 0 Å². The molecule has 0 aromatic heterocycles. The highest BCUT2D eigenvalue weighted by molar-refractivity contribution is 5.88. The smallest absolute Gasteiger partial charge is 0.403 e. The average Bonchev–Trinajstić information content (AvgIpc) is 2.84. The van der Waals surface area contributed by atoms with E-state index < -0.39 is 23.7 Å². The summed E-state index contributed by atoms with van der Waals surface area (Å²) in [4.78, 5) is 0. The van der Waals surface area contributed by atoms with Gasteiger partial charge in [-0.2, -0.15) is 0 Å². The number of halogens is 5. The lowest BCUT2D eigenvalue weighted by atomic mass is 9.96. The zero-order valence-electron chi connectivity index (χ0n) is 20.0. The monoisotopic (exact) mass is 498 g/mol. The molecule has 0 aliphatic carbocycles. The second-order valence-corrected chi connectivity index (χ2v) is 8.95. The zero-order chi connectivity index (χ0) is 25.7.